The monoisotopic (exact) mass is 937 g/mol. The van der Waals surface area contributed by atoms with Crippen molar-refractivity contribution in [2.45, 2.75) is 60.2 Å². The summed E-state index contributed by atoms with van der Waals surface area (Å²) in [5, 5.41) is 0.943. The minimum Gasteiger partial charge on any atom is -0.499 e. The Morgan fingerprint density at radius 1 is 0.707 bits per heavy atom. The average molecular weight is 937 g/mol. The molecular formula is C53H47IrN3O-2. The SMILES string of the molecule is Cc1cccc(C)c1-c1cc(-c2nc3ccccc3n2-c2c(C(C)C)cccc2C(C)C)[c-]c2cc(-c3ccccc3)oc12.[2H]C([2H])([2H])c1ccc(-c2[c-]cccc2)nc1.[Ir]. The summed E-state index contributed by atoms with van der Waals surface area (Å²) in [6.45, 7) is 11.4. The van der Waals surface area contributed by atoms with E-state index >= 15 is 0 Å². The van der Waals surface area contributed by atoms with Crippen molar-refractivity contribution < 1.29 is 28.6 Å². The normalized spacial score (nSPS) is 12.2. The second-order valence-electron chi connectivity index (χ2n) is 15.1. The molecule has 9 rings (SSSR count). The van der Waals surface area contributed by atoms with Crippen LogP contribution in [0.15, 0.2) is 150 Å². The molecule has 58 heavy (non-hydrogen) atoms. The molecule has 6 aromatic carbocycles. The molecule has 0 bridgehead atoms. The van der Waals surface area contributed by atoms with Gasteiger partial charge in [-0.25, -0.2) is 0 Å². The fourth-order valence-electron chi connectivity index (χ4n) is 7.67. The summed E-state index contributed by atoms with van der Waals surface area (Å²) >= 11 is 0. The minimum atomic E-state index is -2.09. The molecule has 4 nitrogen and oxygen atoms in total. The molecule has 0 spiro atoms. The number of benzene rings is 6. The summed E-state index contributed by atoms with van der Waals surface area (Å²) in [4.78, 5) is 9.44. The van der Waals surface area contributed by atoms with Crippen LogP contribution >= 0.6 is 0 Å². The molecule has 9 aromatic rings. The summed E-state index contributed by atoms with van der Waals surface area (Å²) in [7, 11) is 0. The smallest absolute Gasteiger partial charge is 0.0914 e. The van der Waals surface area contributed by atoms with E-state index in [2.05, 4.69) is 148 Å². The van der Waals surface area contributed by atoms with E-state index in [0.29, 0.717) is 11.8 Å². The number of fused-ring (bicyclic) bond motifs is 2. The summed E-state index contributed by atoms with van der Waals surface area (Å²) in [6, 6.07) is 53.9. The first-order valence-corrected chi connectivity index (χ1v) is 19.6. The van der Waals surface area contributed by atoms with Gasteiger partial charge in [0.15, 0.2) is 0 Å². The Morgan fingerprint density at radius 3 is 2.05 bits per heavy atom. The number of furan rings is 1. The van der Waals surface area contributed by atoms with Crippen molar-refractivity contribution in [1.82, 2.24) is 14.5 Å². The molecule has 3 heterocycles. The Hall–Kier alpha value is -5.87. The number of hydrogen-bond donors (Lipinski definition) is 0. The van der Waals surface area contributed by atoms with Gasteiger partial charge in [-0.15, -0.1) is 48.0 Å². The molecule has 0 aliphatic heterocycles. The van der Waals surface area contributed by atoms with E-state index in [0.717, 1.165) is 61.5 Å². The third-order valence-electron chi connectivity index (χ3n) is 10.5. The van der Waals surface area contributed by atoms with Crippen LogP contribution in [0.25, 0.3) is 72.8 Å². The standard InChI is InChI=1S/C41H37N2O.C12H10N.Ir/c1-25(2)32-18-13-19-33(26(3)4)39(32)43-36-21-11-10-20-35(36)42-41(43)31-22-30-24-37(29-16-8-7-9-17-29)44-40(30)34(23-31)38-27(5)14-12-15-28(38)6;1-10-7-8-12(13-9-10)11-5-3-2-4-6-11;/h7-21,23-26H,1-6H3;2-5,7-9H,1H3;/q2*-1;/i;1D3;. The van der Waals surface area contributed by atoms with Crippen molar-refractivity contribution in [3.05, 3.63) is 186 Å². The van der Waals surface area contributed by atoms with Crippen LogP contribution in [0.2, 0.25) is 0 Å². The zero-order valence-electron chi connectivity index (χ0n) is 36.6. The first kappa shape index (κ1) is 36.5. The van der Waals surface area contributed by atoms with Gasteiger partial charge in [0, 0.05) is 41.7 Å². The molecule has 0 atom stereocenters. The second kappa shape index (κ2) is 17.3. The maximum Gasteiger partial charge on any atom is 0.0914 e. The Kier molecular flexibility index (Phi) is 10.9. The van der Waals surface area contributed by atoms with Crippen LogP contribution < -0.4 is 0 Å². The van der Waals surface area contributed by atoms with Crippen LogP contribution in [-0.4, -0.2) is 14.5 Å². The molecule has 0 saturated carbocycles. The Balaban J connectivity index is 0.000000278. The maximum absolute atomic E-state index is 7.23. The molecule has 291 valence electrons. The van der Waals surface area contributed by atoms with E-state index in [-0.39, 0.29) is 25.7 Å². The van der Waals surface area contributed by atoms with Gasteiger partial charge in [-0.1, -0.05) is 136 Å². The molecule has 0 aliphatic rings. The predicted molar refractivity (Wildman–Crippen MR) is 237 cm³/mol. The van der Waals surface area contributed by atoms with Gasteiger partial charge in [0.25, 0.3) is 0 Å². The first-order chi connectivity index (χ1) is 28.9. The van der Waals surface area contributed by atoms with Crippen LogP contribution in [0, 0.1) is 32.8 Å². The van der Waals surface area contributed by atoms with Crippen LogP contribution in [0.5, 0.6) is 0 Å². The molecule has 0 fully saturated rings. The van der Waals surface area contributed by atoms with Crippen molar-refractivity contribution >= 4 is 22.0 Å². The summed E-state index contributed by atoms with van der Waals surface area (Å²) in [5.74, 6) is 2.41. The van der Waals surface area contributed by atoms with Gasteiger partial charge >= 0.3 is 0 Å². The predicted octanol–water partition coefficient (Wildman–Crippen LogP) is 14.3. The van der Waals surface area contributed by atoms with Gasteiger partial charge in [-0.05, 0) is 89.3 Å². The number of rotatable bonds is 7. The quantitative estimate of drug-likeness (QED) is 0.150. The Bertz CT molecular complexity index is 2890. The van der Waals surface area contributed by atoms with Crippen molar-refractivity contribution in [1.29, 1.82) is 0 Å². The number of aryl methyl sites for hydroxylation is 3. The van der Waals surface area contributed by atoms with E-state index < -0.39 is 6.85 Å². The van der Waals surface area contributed by atoms with Crippen LogP contribution in [0.1, 0.15) is 71.5 Å². The van der Waals surface area contributed by atoms with Crippen LogP contribution in [0.3, 0.4) is 0 Å². The third-order valence-corrected chi connectivity index (χ3v) is 10.5. The van der Waals surface area contributed by atoms with E-state index in [1.807, 2.05) is 36.4 Å². The molecule has 0 saturated heterocycles. The Morgan fingerprint density at radius 2 is 1.40 bits per heavy atom. The summed E-state index contributed by atoms with van der Waals surface area (Å²) in [6.07, 6.45) is 1.39. The first-order valence-electron chi connectivity index (χ1n) is 21.1. The van der Waals surface area contributed by atoms with E-state index in [9.17, 15) is 0 Å². The molecule has 0 N–H and O–H groups in total. The molecule has 1 radical (unpaired) electrons. The molecular weight excluding hydrogens is 887 g/mol. The summed E-state index contributed by atoms with van der Waals surface area (Å²) in [5.41, 5.74) is 15.3. The van der Waals surface area contributed by atoms with E-state index in [4.69, 9.17) is 13.5 Å². The number of nitrogens with zero attached hydrogens (tertiary/aromatic N) is 3. The van der Waals surface area contributed by atoms with Gasteiger partial charge in [-0.2, -0.15) is 0 Å². The van der Waals surface area contributed by atoms with Crippen molar-refractivity contribution in [3.63, 3.8) is 0 Å². The number of para-hydroxylation sites is 3. The molecule has 0 unspecified atom stereocenters. The summed E-state index contributed by atoms with van der Waals surface area (Å²) < 4.78 is 30.7. The van der Waals surface area contributed by atoms with Gasteiger partial charge in [-0.3, -0.25) is 4.98 Å². The topological polar surface area (TPSA) is 43.9 Å². The van der Waals surface area contributed by atoms with E-state index in [1.165, 1.54) is 39.7 Å². The molecule has 0 aliphatic carbocycles. The fraction of sp³-hybridized carbons (Fsp3) is 0.170. The second-order valence-corrected chi connectivity index (χ2v) is 15.1. The average Bonchev–Trinajstić information content (AvgIpc) is 3.86. The van der Waals surface area contributed by atoms with Crippen molar-refractivity contribution in [3.8, 4) is 50.8 Å². The third kappa shape index (κ3) is 7.98. The van der Waals surface area contributed by atoms with Gasteiger partial charge in [0.2, 0.25) is 0 Å². The molecule has 5 heteroatoms. The van der Waals surface area contributed by atoms with Crippen molar-refractivity contribution in [2.24, 2.45) is 0 Å². The van der Waals surface area contributed by atoms with Gasteiger partial charge in [0.1, 0.15) is 0 Å². The number of hydrogen-bond acceptors (Lipinski definition) is 3. The van der Waals surface area contributed by atoms with E-state index in [1.54, 1.807) is 18.2 Å². The maximum atomic E-state index is 7.23. The molecule has 3 aromatic heterocycles. The zero-order valence-corrected chi connectivity index (χ0v) is 36.0. The van der Waals surface area contributed by atoms with Crippen LogP contribution in [-0.2, 0) is 20.1 Å². The largest absolute Gasteiger partial charge is 0.499 e. The van der Waals surface area contributed by atoms with Gasteiger partial charge < -0.3 is 14.0 Å². The van der Waals surface area contributed by atoms with Gasteiger partial charge in [0.05, 0.1) is 28.2 Å². The number of pyridine rings is 1. The zero-order chi connectivity index (χ0) is 42.1. The van der Waals surface area contributed by atoms with Crippen LogP contribution in [0.4, 0.5) is 0 Å². The minimum absolute atomic E-state index is 0. The Labute approximate surface area is 360 Å². The number of imidazole rings is 1. The van der Waals surface area contributed by atoms with Crippen molar-refractivity contribution in [2.75, 3.05) is 0 Å². The fourth-order valence-corrected chi connectivity index (χ4v) is 7.67. The molecule has 0 amide bonds. The number of aromatic nitrogens is 3.